The first-order valence-corrected chi connectivity index (χ1v) is 6.41. The molecule has 1 aromatic carbocycles. The van der Waals surface area contributed by atoms with Crippen LogP contribution < -0.4 is 5.32 Å². The molecule has 1 aromatic rings. The van der Waals surface area contributed by atoms with E-state index in [1.165, 1.54) is 12.5 Å². The van der Waals surface area contributed by atoms with E-state index in [0.29, 0.717) is 12.5 Å². The van der Waals surface area contributed by atoms with Gasteiger partial charge in [0.25, 0.3) is 6.43 Å². The molecule has 1 N–H and O–H groups in total. The summed E-state index contributed by atoms with van der Waals surface area (Å²) in [6, 6.07) is 6.64. The van der Waals surface area contributed by atoms with Gasteiger partial charge in [-0.3, -0.25) is 0 Å². The number of halogens is 2. The van der Waals surface area contributed by atoms with E-state index in [1.807, 2.05) is 6.07 Å². The molecule has 0 aromatic heterocycles. The average molecular weight is 254 g/mol. The van der Waals surface area contributed by atoms with Crippen molar-refractivity contribution >= 4 is 0 Å². The van der Waals surface area contributed by atoms with E-state index < -0.39 is 6.43 Å². The Bertz CT molecular complexity index is 382. The lowest BCUT2D eigenvalue weighted by Gasteiger charge is -2.12. The first-order chi connectivity index (χ1) is 8.65. The maximum atomic E-state index is 12.5. The second kappa shape index (κ2) is 6.25. The number of nitrogens with one attached hydrogen (secondary N) is 1. The molecule has 1 saturated heterocycles. The minimum Gasteiger partial charge on any atom is -0.312 e. The Balaban J connectivity index is 1.78. The molecule has 1 aliphatic heterocycles. The fraction of sp³-hybridized carbons (Fsp3) is 0.571. The van der Waals surface area contributed by atoms with Gasteiger partial charge in [-0.2, -0.15) is 0 Å². The van der Waals surface area contributed by atoms with Crippen molar-refractivity contribution in [2.75, 3.05) is 26.7 Å². The lowest BCUT2D eigenvalue weighted by atomic mass is 10.1. The number of likely N-dealkylation sites (tertiary alicyclic amines) is 1. The number of rotatable bonds is 5. The molecular weight excluding hydrogens is 234 g/mol. The van der Waals surface area contributed by atoms with E-state index in [1.54, 1.807) is 12.1 Å². The monoisotopic (exact) mass is 254 g/mol. The van der Waals surface area contributed by atoms with Crippen molar-refractivity contribution in [3.8, 4) is 0 Å². The van der Waals surface area contributed by atoms with Crippen molar-refractivity contribution in [2.24, 2.45) is 5.92 Å². The van der Waals surface area contributed by atoms with Crippen molar-refractivity contribution in [3.63, 3.8) is 0 Å². The van der Waals surface area contributed by atoms with E-state index in [4.69, 9.17) is 0 Å². The van der Waals surface area contributed by atoms with Gasteiger partial charge in [0.15, 0.2) is 0 Å². The van der Waals surface area contributed by atoms with Gasteiger partial charge in [-0.05, 0) is 44.1 Å². The highest BCUT2D eigenvalue weighted by Crippen LogP contribution is 2.19. The summed E-state index contributed by atoms with van der Waals surface area (Å²) in [7, 11) is 2.13. The predicted octanol–water partition coefficient (Wildman–Crippen LogP) is 2.67. The zero-order chi connectivity index (χ0) is 13.0. The van der Waals surface area contributed by atoms with Crippen LogP contribution in [0.25, 0.3) is 0 Å². The van der Waals surface area contributed by atoms with Crippen LogP contribution in [0.3, 0.4) is 0 Å². The number of benzene rings is 1. The van der Waals surface area contributed by atoms with Crippen LogP contribution in [0.15, 0.2) is 24.3 Å². The lowest BCUT2D eigenvalue weighted by Crippen LogP contribution is -2.24. The van der Waals surface area contributed by atoms with Crippen LogP contribution in [0, 0.1) is 5.92 Å². The quantitative estimate of drug-likeness (QED) is 0.869. The summed E-state index contributed by atoms with van der Waals surface area (Å²) in [5.74, 6) is 0.688. The number of nitrogens with zero attached hydrogens (tertiary/aromatic N) is 1. The van der Waals surface area contributed by atoms with E-state index in [0.717, 1.165) is 25.2 Å². The Hall–Kier alpha value is -1.00. The molecule has 1 unspecified atom stereocenters. The van der Waals surface area contributed by atoms with Crippen LogP contribution in [0.1, 0.15) is 24.0 Å². The zero-order valence-electron chi connectivity index (χ0n) is 10.7. The number of hydrogen-bond acceptors (Lipinski definition) is 2. The highest BCUT2D eigenvalue weighted by atomic mass is 19.3. The Morgan fingerprint density at radius 2 is 2.28 bits per heavy atom. The second-order valence-corrected chi connectivity index (χ2v) is 5.09. The fourth-order valence-corrected chi connectivity index (χ4v) is 2.45. The molecule has 0 radical (unpaired) electrons. The van der Waals surface area contributed by atoms with Crippen LogP contribution in [-0.4, -0.2) is 31.6 Å². The number of alkyl halides is 2. The molecule has 0 amide bonds. The molecule has 0 saturated carbocycles. The van der Waals surface area contributed by atoms with Gasteiger partial charge in [-0.15, -0.1) is 0 Å². The summed E-state index contributed by atoms with van der Waals surface area (Å²) in [6.45, 7) is 3.92. The summed E-state index contributed by atoms with van der Waals surface area (Å²) in [4.78, 5) is 2.32. The molecule has 4 heteroatoms. The molecular formula is C14H20F2N2. The molecule has 18 heavy (non-hydrogen) atoms. The van der Waals surface area contributed by atoms with Gasteiger partial charge in [-0.25, -0.2) is 8.78 Å². The predicted molar refractivity (Wildman–Crippen MR) is 68.7 cm³/mol. The van der Waals surface area contributed by atoms with Crippen molar-refractivity contribution in [2.45, 2.75) is 19.4 Å². The normalized spacial score (nSPS) is 20.8. The highest BCUT2D eigenvalue weighted by molar-refractivity contribution is 5.24. The van der Waals surface area contributed by atoms with E-state index >= 15 is 0 Å². The third-order valence-electron chi connectivity index (χ3n) is 3.45. The fourth-order valence-electron chi connectivity index (χ4n) is 2.45. The Kier molecular flexibility index (Phi) is 4.66. The Morgan fingerprint density at radius 3 is 2.94 bits per heavy atom. The second-order valence-electron chi connectivity index (χ2n) is 5.09. The molecule has 1 heterocycles. The summed E-state index contributed by atoms with van der Waals surface area (Å²) < 4.78 is 25.1. The summed E-state index contributed by atoms with van der Waals surface area (Å²) in [6.07, 6.45) is -1.16. The van der Waals surface area contributed by atoms with Gasteiger partial charge in [0, 0.05) is 18.7 Å². The first kappa shape index (κ1) is 13.4. The molecule has 1 atom stereocenters. The first-order valence-electron chi connectivity index (χ1n) is 6.41. The van der Waals surface area contributed by atoms with E-state index in [9.17, 15) is 8.78 Å². The number of hydrogen-bond donors (Lipinski definition) is 1. The maximum Gasteiger partial charge on any atom is 0.263 e. The smallest absolute Gasteiger partial charge is 0.263 e. The molecule has 1 fully saturated rings. The molecule has 0 spiro atoms. The van der Waals surface area contributed by atoms with Gasteiger partial charge in [0.1, 0.15) is 0 Å². The van der Waals surface area contributed by atoms with Crippen molar-refractivity contribution in [1.29, 1.82) is 0 Å². The van der Waals surface area contributed by atoms with Gasteiger partial charge in [-0.1, -0.05) is 18.2 Å². The van der Waals surface area contributed by atoms with Crippen LogP contribution in [0.2, 0.25) is 0 Å². The Morgan fingerprint density at radius 1 is 1.44 bits per heavy atom. The summed E-state index contributed by atoms with van der Waals surface area (Å²) in [5, 5.41) is 3.36. The molecule has 0 bridgehead atoms. The minimum absolute atomic E-state index is 0.106. The summed E-state index contributed by atoms with van der Waals surface area (Å²) >= 11 is 0. The highest BCUT2D eigenvalue weighted by Gasteiger charge is 2.18. The molecule has 2 nitrogen and oxygen atoms in total. The third kappa shape index (κ3) is 3.75. The van der Waals surface area contributed by atoms with Crippen molar-refractivity contribution in [1.82, 2.24) is 10.2 Å². The minimum atomic E-state index is -2.38. The lowest BCUT2D eigenvalue weighted by molar-refractivity contribution is 0.151. The SMILES string of the molecule is CN1CCC(CNCc2cccc(C(F)F)c2)C1. The van der Waals surface area contributed by atoms with Crippen LogP contribution in [0.5, 0.6) is 0 Å². The molecule has 1 aliphatic rings. The third-order valence-corrected chi connectivity index (χ3v) is 3.45. The molecule has 2 rings (SSSR count). The zero-order valence-corrected chi connectivity index (χ0v) is 10.7. The standard InChI is InChI=1S/C14H20F2N2/c1-18-6-5-12(10-18)9-17-8-11-3-2-4-13(7-11)14(15)16/h2-4,7,12,14,17H,5-6,8-10H2,1H3. The van der Waals surface area contributed by atoms with E-state index in [-0.39, 0.29) is 5.56 Å². The van der Waals surface area contributed by atoms with Crippen molar-refractivity contribution < 1.29 is 8.78 Å². The van der Waals surface area contributed by atoms with Crippen LogP contribution in [-0.2, 0) is 6.54 Å². The largest absolute Gasteiger partial charge is 0.312 e. The van der Waals surface area contributed by atoms with Crippen LogP contribution in [0.4, 0.5) is 8.78 Å². The van der Waals surface area contributed by atoms with E-state index in [2.05, 4.69) is 17.3 Å². The topological polar surface area (TPSA) is 15.3 Å². The van der Waals surface area contributed by atoms with Gasteiger partial charge < -0.3 is 10.2 Å². The molecule has 0 aliphatic carbocycles. The Labute approximate surface area is 107 Å². The van der Waals surface area contributed by atoms with Gasteiger partial charge in [0.2, 0.25) is 0 Å². The van der Waals surface area contributed by atoms with Gasteiger partial charge >= 0.3 is 0 Å². The average Bonchev–Trinajstić information content (AvgIpc) is 2.75. The van der Waals surface area contributed by atoms with Gasteiger partial charge in [0.05, 0.1) is 0 Å². The van der Waals surface area contributed by atoms with Crippen LogP contribution >= 0.6 is 0 Å². The maximum absolute atomic E-state index is 12.5. The molecule has 100 valence electrons. The van der Waals surface area contributed by atoms with Crippen molar-refractivity contribution in [3.05, 3.63) is 35.4 Å². The summed E-state index contributed by atoms with van der Waals surface area (Å²) in [5.41, 5.74) is 1.04.